The van der Waals surface area contributed by atoms with Gasteiger partial charge in [0.25, 0.3) is 10.1 Å². The third-order valence-corrected chi connectivity index (χ3v) is 4.50. The Labute approximate surface area is 130 Å². The highest BCUT2D eigenvalue weighted by Gasteiger charge is 2.16. The number of carbonyl (C=O) groups is 1. The number of Topliss-reactive ketones (excluding diaryl/α,β-unsaturated/α-hetero) is 1. The molecule has 0 amide bonds. The van der Waals surface area contributed by atoms with Crippen LogP contribution in [0.2, 0.25) is 0 Å². The summed E-state index contributed by atoms with van der Waals surface area (Å²) in [6, 6.07) is 15.9. The van der Waals surface area contributed by atoms with E-state index in [2.05, 4.69) is 0 Å². The highest BCUT2D eigenvalue weighted by atomic mass is 32.2. The molecule has 0 atom stereocenters. The molecule has 2 aromatic rings. The van der Waals surface area contributed by atoms with Crippen molar-refractivity contribution < 1.29 is 17.4 Å². The summed E-state index contributed by atoms with van der Waals surface area (Å²) >= 11 is 0. The summed E-state index contributed by atoms with van der Waals surface area (Å²) < 4.78 is 28.7. The van der Waals surface area contributed by atoms with Gasteiger partial charge in [-0.25, -0.2) is 0 Å². The summed E-state index contributed by atoms with van der Waals surface area (Å²) in [7, 11) is -3.88. The van der Waals surface area contributed by atoms with Gasteiger partial charge in [0.2, 0.25) is 0 Å². The van der Waals surface area contributed by atoms with E-state index in [1.54, 1.807) is 12.1 Å². The fraction of sp³-hybridized carbons (Fsp3) is 0.235. The van der Waals surface area contributed by atoms with E-state index in [1.165, 1.54) is 12.1 Å². The van der Waals surface area contributed by atoms with Crippen LogP contribution >= 0.6 is 0 Å². The monoisotopic (exact) mass is 318 g/mol. The van der Waals surface area contributed by atoms with Crippen LogP contribution in [0.25, 0.3) is 0 Å². The van der Waals surface area contributed by atoms with Gasteiger partial charge in [0.05, 0.1) is 4.90 Å². The van der Waals surface area contributed by atoms with Gasteiger partial charge in [-0.3, -0.25) is 8.98 Å². The highest BCUT2D eigenvalue weighted by molar-refractivity contribution is 7.86. The normalized spacial score (nSPS) is 11.3. The minimum Gasteiger partial charge on any atom is -0.297 e. The quantitative estimate of drug-likeness (QED) is 0.737. The third-order valence-electron chi connectivity index (χ3n) is 3.22. The van der Waals surface area contributed by atoms with Crippen LogP contribution in [-0.2, 0) is 25.5 Å². The second-order valence-electron chi connectivity index (χ2n) is 5.05. The molecule has 0 spiro atoms. The first-order valence-corrected chi connectivity index (χ1v) is 8.40. The molecule has 0 aromatic heterocycles. The number of hydrogen-bond acceptors (Lipinski definition) is 4. The minimum absolute atomic E-state index is 0.0639. The minimum atomic E-state index is -3.88. The Bertz CT molecular complexity index is 719. The Morgan fingerprint density at radius 1 is 1.00 bits per heavy atom. The first kappa shape index (κ1) is 16.4. The standard InChI is InChI=1S/C17H18O4S/c1-14-7-11-17(12-8-14)22(19,20)21-13-16(18)10-9-15-5-3-2-4-6-15/h2-8,11-12H,9-10,13H2,1H3. The number of benzene rings is 2. The summed E-state index contributed by atoms with van der Waals surface area (Å²) in [4.78, 5) is 11.8. The van der Waals surface area contributed by atoms with Crippen molar-refractivity contribution in [1.29, 1.82) is 0 Å². The molecule has 0 aliphatic carbocycles. The molecule has 0 unspecified atom stereocenters. The number of rotatable bonds is 7. The molecule has 0 heterocycles. The van der Waals surface area contributed by atoms with E-state index in [0.29, 0.717) is 6.42 Å². The van der Waals surface area contributed by atoms with Crippen LogP contribution in [0.1, 0.15) is 17.5 Å². The van der Waals surface area contributed by atoms with E-state index in [9.17, 15) is 13.2 Å². The van der Waals surface area contributed by atoms with Crippen molar-refractivity contribution in [3.05, 3.63) is 65.7 Å². The Balaban J connectivity index is 1.86. The Morgan fingerprint density at radius 3 is 2.27 bits per heavy atom. The molecule has 4 nitrogen and oxygen atoms in total. The van der Waals surface area contributed by atoms with E-state index in [4.69, 9.17) is 4.18 Å². The van der Waals surface area contributed by atoms with Gasteiger partial charge in [-0.15, -0.1) is 0 Å². The fourth-order valence-electron chi connectivity index (χ4n) is 1.92. The summed E-state index contributed by atoms with van der Waals surface area (Å²) in [6.07, 6.45) is 0.834. The molecule has 5 heteroatoms. The van der Waals surface area contributed by atoms with Crippen molar-refractivity contribution >= 4 is 15.9 Å². The van der Waals surface area contributed by atoms with E-state index >= 15 is 0 Å². The van der Waals surface area contributed by atoms with Crippen molar-refractivity contribution in [2.24, 2.45) is 0 Å². The number of hydrogen-bond donors (Lipinski definition) is 0. The molecule has 0 fully saturated rings. The van der Waals surface area contributed by atoms with Gasteiger partial charge >= 0.3 is 0 Å². The Hall–Kier alpha value is -1.98. The SMILES string of the molecule is Cc1ccc(S(=O)(=O)OCC(=O)CCc2ccccc2)cc1. The van der Waals surface area contributed by atoms with E-state index in [-0.39, 0.29) is 17.1 Å². The van der Waals surface area contributed by atoms with Crippen molar-refractivity contribution in [3.63, 3.8) is 0 Å². The van der Waals surface area contributed by atoms with E-state index in [1.807, 2.05) is 37.3 Å². The zero-order valence-corrected chi connectivity index (χ0v) is 13.2. The van der Waals surface area contributed by atoms with Gasteiger partial charge in [-0.2, -0.15) is 8.42 Å². The molecular formula is C17H18O4S. The molecule has 2 rings (SSSR count). The van der Waals surface area contributed by atoms with Crippen LogP contribution in [0.4, 0.5) is 0 Å². The lowest BCUT2D eigenvalue weighted by molar-refractivity contribution is -0.120. The lowest BCUT2D eigenvalue weighted by atomic mass is 10.1. The van der Waals surface area contributed by atoms with Crippen LogP contribution in [0.5, 0.6) is 0 Å². The zero-order chi connectivity index (χ0) is 16.0. The summed E-state index contributed by atoms with van der Waals surface area (Å²) in [6.45, 7) is 1.44. The maximum atomic E-state index is 11.9. The molecule has 0 aliphatic heterocycles. The molecule has 0 N–H and O–H groups in total. The van der Waals surface area contributed by atoms with Crippen LogP contribution in [0, 0.1) is 6.92 Å². The maximum absolute atomic E-state index is 11.9. The van der Waals surface area contributed by atoms with Crippen molar-refractivity contribution in [3.8, 4) is 0 Å². The highest BCUT2D eigenvalue weighted by Crippen LogP contribution is 2.13. The van der Waals surface area contributed by atoms with Gasteiger partial charge in [0.1, 0.15) is 6.61 Å². The van der Waals surface area contributed by atoms with Gasteiger partial charge in [0.15, 0.2) is 5.78 Å². The lowest BCUT2D eigenvalue weighted by Crippen LogP contribution is -2.15. The molecule has 0 saturated heterocycles. The summed E-state index contributed by atoms with van der Waals surface area (Å²) in [5.41, 5.74) is 2.00. The zero-order valence-electron chi connectivity index (χ0n) is 12.4. The third kappa shape index (κ3) is 4.79. The fourth-order valence-corrected chi connectivity index (χ4v) is 2.81. The van der Waals surface area contributed by atoms with E-state index in [0.717, 1.165) is 11.1 Å². The molecule has 0 aliphatic rings. The van der Waals surface area contributed by atoms with Gasteiger partial charge in [0, 0.05) is 6.42 Å². The maximum Gasteiger partial charge on any atom is 0.297 e. The Morgan fingerprint density at radius 2 is 1.64 bits per heavy atom. The molecule has 116 valence electrons. The van der Waals surface area contributed by atoms with Gasteiger partial charge in [-0.1, -0.05) is 48.0 Å². The van der Waals surface area contributed by atoms with Crippen LogP contribution in [0.15, 0.2) is 59.5 Å². The molecular weight excluding hydrogens is 300 g/mol. The molecule has 22 heavy (non-hydrogen) atoms. The topological polar surface area (TPSA) is 60.4 Å². The van der Waals surface area contributed by atoms with Crippen LogP contribution in [-0.4, -0.2) is 20.8 Å². The first-order valence-electron chi connectivity index (χ1n) is 6.99. The first-order chi connectivity index (χ1) is 10.5. The largest absolute Gasteiger partial charge is 0.297 e. The lowest BCUT2D eigenvalue weighted by Gasteiger charge is -2.06. The van der Waals surface area contributed by atoms with Crippen molar-refractivity contribution in [1.82, 2.24) is 0 Å². The second-order valence-corrected chi connectivity index (χ2v) is 6.67. The predicted molar refractivity (Wildman–Crippen MR) is 84.1 cm³/mol. The van der Waals surface area contributed by atoms with Gasteiger partial charge in [-0.05, 0) is 31.0 Å². The molecule has 0 bridgehead atoms. The van der Waals surface area contributed by atoms with Crippen LogP contribution < -0.4 is 0 Å². The number of aryl methyl sites for hydroxylation is 2. The molecule has 0 radical (unpaired) electrons. The van der Waals surface area contributed by atoms with Crippen molar-refractivity contribution in [2.45, 2.75) is 24.7 Å². The average Bonchev–Trinajstić information content (AvgIpc) is 2.52. The van der Waals surface area contributed by atoms with Crippen LogP contribution in [0.3, 0.4) is 0 Å². The second kappa shape index (κ2) is 7.33. The van der Waals surface area contributed by atoms with Crippen molar-refractivity contribution in [2.75, 3.05) is 6.61 Å². The Kier molecular flexibility index (Phi) is 5.46. The average molecular weight is 318 g/mol. The molecule has 2 aromatic carbocycles. The predicted octanol–water partition coefficient (Wildman–Crippen LogP) is 2.90. The number of ketones is 1. The van der Waals surface area contributed by atoms with Gasteiger partial charge < -0.3 is 0 Å². The molecule has 0 saturated carbocycles. The summed E-state index contributed by atoms with van der Waals surface area (Å²) in [5, 5.41) is 0. The summed E-state index contributed by atoms with van der Waals surface area (Å²) in [5.74, 6) is -0.237. The smallest absolute Gasteiger partial charge is 0.297 e. The van der Waals surface area contributed by atoms with E-state index < -0.39 is 16.7 Å². The number of carbonyl (C=O) groups excluding carboxylic acids is 1.